The normalized spacial score (nSPS) is 22.1. The van der Waals surface area contributed by atoms with Gasteiger partial charge in [0.15, 0.2) is 5.96 Å². The summed E-state index contributed by atoms with van der Waals surface area (Å²) < 4.78 is 5.23. The first-order valence-electron chi connectivity index (χ1n) is 10.6. The van der Waals surface area contributed by atoms with E-state index in [0.717, 1.165) is 45.0 Å². The Bertz CT molecular complexity index is 643. The van der Waals surface area contributed by atoms with Crippen LogP contribution in [0.15, 0.2) is 35.3 Å². The summed E-state index contributed by atoms with van der Waals surface area (Å²) in [4.78, 5) is 21.4. The molecule has 0 amide bonds. The number of aliphatic imine (C=N–C) groups is 1. The number of benzene rings is 1. The van der Waals surface area contributed by atoms with Gasteiger partial charge >= 0.3 is 5.97 Å². The van der Waals surface area contributed by atoms with E-state index in [1.165, 1.54) is 18.4 Å². The number of carbonyl (C=O) groups excluding carboxylic acids is 1. The Morgan fingerprint density at radius 1 is 1.21 bits per heavy atom. The first-order chi connectivity index (χ1) is 13.7. The standard InChI is InChI=1S/C22H34N4O2/c1-3-28-21(27)19-12-9-15-26(17-19)22(23-2)24-16-20(25-13-7-8-14-25)18-10-5-4-6-11-18/h4-6,10-11,19-20H,3,7-9,12-17H2,1-2H3,(H,23,24). The molecular weight excluding hydrogens is 352 g/mol. The zero-order valence-electron chi connectivity index (χ0n) is 17.3. The molecule has 2 fully saturated rings. The van der Waals surface area contributed by atoms with E-state index in [2.05, 4.69) is 50.4 Å². The Labute approximate surface area is 168 Å². The molecule has 6 heteroatoms. The van der Waals surface area contributed by atoms with Crippen LogP contribution in [0.4, 0.5) is 0 Å². The van der Waals surface area contributed by atoms with Gasteiger partial charge in [-0.15, -0.1) is 0 Å². The molecule has 2 saturated heterocycles. The fourth-order valence-corrected chi connectivity index (χ4v) is 4.33. The van der Waals surface area contributed by atoms with Gasteiger partial charge in [-0.1, -0.05) is 30.3 Å². The third-order valence-corrected chi connectivity index (χ3v) is 5.77. The predicted molar refractivity (Wildman–Crippen MR) is 112 cm³/mol. The molecule has 2 atom stereocenters. The summed E-state index contributed by atoms with van der Waals surface area (Å²) in [5.74, 6) is 0.742. The maximum Gasteiger partial charge on any atom is 0.310 e. The molecule has 2 unspecified atom stereocenters. The number of esters is 1. The zero-order chi connectivity index (χ0) is 19.8. The van der Waals surface area contributed by atoms with E-state index in [4.69, 9.17) is 4.74 Å². The largest absolute Gasteiger partial charge is 0.466 e. The Morgan fingerprint density at radius 2 is 1.96 bits per heavy atom. The molecule has 0 spiro atoms. The van der Waals surface area contributed by atoms with Gasteiger partial charge in [0, 0.05) is 26.7 Å². The average Bonchev–Trinajstić information content (AvgIpc) is 3.27. The molecular formula is C22H34N4O2. The maximum atomic E-state index is 12.2. The highest BCUT2D eigenvalue weighted by atomic mass is 16.5. The van der Waals surface area contributed by atoms with Crippen molar-refractivity contribution in [1.82, 2.24) is 15.1 Å². The van der Waals surface area contributed by atoms with E-state index in [1.54, 1.807) is 0 Å². The first kappa shape index (κ1) is 20.6. The van der Waals surface area contributed by atoms with Crippen molar-refractivity contribution < 1.29 is 9.53 Å². The summed E-state index contributed by atoms with van der Waals surface area (Å²) in [5.41, 5.74) is 1.34. The second kappa shape index (κ2) is 10.5. The van der Waals surface area contributed by atoms with Crippen LogP contribution >= 0.6 is 0 Å². The maximum absolute atomic E-state index is 12.2. The molecule has 2 aliphatic rings. The van der Waals surface area contributed by atoms with Crippen molar-refractivity contribution >= 4 is 11.9 Å². The lowest BCUT2D eigenvalue weighted by Crippen LogP contribution is -2.50. The number of nitrogens with zero attached hydrogens (tertiary/aromatic N) is 3. The number of carbonyl (C=O) groups is 1. The van der Waals surface area contributed by atoms with Gasteiger partial charge in [-0.05, 0) is 51.3 Å². The highest BCUT2D eigenvalue weighted by molar-refractivity contribution is 5.81. The lowest BCUT2D eigenvalue weighted by molar-refractivity contribution is -0.149. The van der Waals surface area contributed by atoms with E-state index in [9.17, 15) is 4.79 Å². The van der Waals surface area contributed by atoms with Crippen molar-refractivity contribution in [3.8, 4) is 0 Å². The SMILES string of the molecule is CCOC(=O)C1CCCN(C(=NC)NCC(c2ccccc2)N2CCCC2)C1. The number of hydrogen-bond donors (Lipinski definition) is 1. The highest BCUT2D eigenvalue weighted by Crippen LogP contribution is 2.25. The van der Waals surface area contributed by atoms with E-state index in [-0.39, 0.29) is 11.9 Å². The van der Waals surface area contributed by atoms with Crippen LogP contribution in [0.1, 0.15) is 44.2 Å². The third kappa shape index (κ3) is 5.25. The molecule has 0 saturated carbocycles. The summed E-state index contributed by atoms with van der Waals surface area (Å²) in [6.45, 7) is 7.02. The van der Waals surface area contributed by atoms with Crippen molar-refractivity contribution in [2.24, 2.45) is 10.9 Å². The zero-order valence-corrected chi connectivity index (χ0v) is 17.3. The molecule has 0 aliphatic carbocycles. The molecule has 3 rings (SSSR count). The highest BCUT2D eigenvalue weighted by Gasteiger charge is 2.29. The van der Waals surface area contributed by atoms with Gasteiger partial charge < -0.3 is 15.0 Å². The number of piperidine rings is 1. The van der Waals surface area contributed by atoms with E-state index >= 15 is 0 Å². The second-order valence-corrected chi connectivity index (χ2v) is 7.63. The van der Waals surface area contributed by atoms with Crippen molar-refractivity contribution in [2.75, 3.05) is 46.4 Å². The first-order valence-corrected chi connectivity index (χ1v) is 10.6. The molecule has 6 nitrogen and oxygen atoms in total. The molecule has 2 aliphatic heterocycles. The van der Waals surface area contributed by atoms with Gasteiger partial charge in [0.2, 0.25) is 0 Å². The van der Waals surface area contributed by atoms with Crippen LogP contribution in [-0.4, -0.2) is 68.1 Å². The Hall–Kier alpha value is -2.08. The van der Waals surface area contributed by atoms with Crippen molar-refractivity contribution in [2.45, 2.75) is 38.6 Å². The summed E-state index contributed by atoms with van der Waals surface area (Å²) in [6.07, 6.45) is 4.42. The molecule has 1 aromatic rings. The van der Waals surface area contributed by atoms with Crippen molar-refractivity contribution in [3.05, 3.63) is 35.9 Å². The minimum Gasteiger partial charge on any atom is -0.466 e. The average molecular weight is 387 g/mol. The van der Waals surface area contributed by atoms with Crippen molar-refractivity contribution in [3.63, 3.8) is 0 Å². The van der Waals surface area contributed by atoms with Gasteiger partial charge in [0.25, 0.3) is 0 Å². The summed E-state index contributed by atoms with van der Waals surface area (Å²) in [5, 5.41) is 3.59. The monoisotopic (exact) mass is 386 g/mol. The summed E-state index contributed by atoms with van der Waals surface area (Å²) in [7, 11) is 1.82. The second-order valence-electron chi connectivity index (χ2n) is 7.63. The van der Waals surface area contributed by atoms with E-state index in [0.29, 0.717) is 19.2 Å². The molecule has 0 radical (unpaired) electrons. The quantitative estimate of drug-likeness (QED) is 0.463. The fourth-order valence-electron chi connectivity index (χ4n) is 4.33. The van der Waals surface area contributed by atoms with E-state index in [1.807, 2.05) is 14.0 Å². The van der Waals surface area contributed by atoms with Crippen LogP contribution in [-0.2, 0) is 9.53 Å². The number of rotatable bonds is 6. The minimum atomic E-state index is -0.0816. The Balaban J connectivity index is 1.63. The van der Waals surface area contributed by atoms with Gasteiger partial charge in [0.05, 0.1) is 18.6 Å². The van der Waals surface area contributed by atoms with Gasteiger partial charge in [0.1, 0.15) is 0 Å². The molecule has 154 valence electrons. The lowest BCUT2D eigenvalue weighted by Gasteiger charge is -2.35. The van der Waals surface area contributed by atoms with E-state index < -0.39 is 0 Å². The van der Waals surface area contributed by atoms with Gasteiger partial charge in [-0.2, -0.15) is 0 Å². The molecule has 1 aromatic carbocycles. The molecule has 28 heavy (non-hydrogen) atoms. The van der Waals surface area contributed by atoms with Gasteiger partial charge in [-0.25, -0.2) is 0 Å². The van der Waals surface area contributed by atoms with Crippen LogP contribution in [0.2, 0.25) is 0 Å². The lowest BCUT2D eigenvalue weighted by atomic mass is 9.98. The topological polar surface area (TPSA) is 57.2 Å². The van der Waals surface area contributed by atoms with Crippen LogP contribution in [0.3, 0.4) is 0 Å². The fraction of sp³-hybridized carbons (Fsp3) is 0.636. The smallest absolute Gasteiger partial charge is 0.310 e. The summed E-state index contributed by atoms with van der Waals surface area (Å²) >= 11 is 0. The number of nitrogens with one attached hydrogen (secondary N) is 1. The number of ether oxygens (including phenoxy) is 1. The predicted octanol–water partition coefficient (Wildman–Crippen LogP) is 2.67. The van der Waals surface area contributed by atoms with Crippen LogP contribution in [0, 0.1) is 5.92 Å². The van der Waals surface area contributed by atoms with Gasteiger partial charge in [-0.3, -0.25) is 14.7 Å². The Kier molecular flexibility index (Phi) is 7.71. The van der Waals surface area contributed by atoms with Crippen LogP contribution < -0.4 is 5.32 Å². The molecule has 1 N–H and O–H groups in total. The van der Waals surface area contributed by atoms with Crippen LogP contribution in [0.25, 0.3) is 0 Å². The number of hydrogen-bond acceptors (Lipinski definition) is 4. The number of guanidine groups is 1. The van der Waals surface area contributed by atoms with Crippen LogP contribution in [0.5, 0.6) is 0 Å². The molecule has 2 heterocycles. The molecule has 0 bridgehead atoms. The summed E-state index contributed by atoms with van der Waals surface area (Å²) in [6, 6.07) is 11.1. The van der Waals surface area contributed by atoms with Crippen molar-refractivity contribution in [1.29, 1.82) is 0 Å². The third-order valence-electron chi connectivity index (χ3n) is 5.77. The molecule has 0 aromatic heterocycles. The minimum absolute atomic E-state index is 0.0595. The number of likely N-dealkylation sites (tertiary alicyclic amines) is 2. The Morgan fingerprint density at radius 3 is 2.64 bits per heavy atom.